The second kappa shape index (κ2) is 3.55. The van der Waals surface area contributed by atoms with Gasteiger partial charge in [0, 0.05) is 6.08 Å². The maximum atomic E-state index is 9.88. The Bertz CT molecular complexity index is 200. The summed E-state index contributed by atoms with van der Waals surface area (Å²) < 4.78 is 9.27. The molecule has 1 aliphatic heterocycles. The first-order valence-electron chi connectivity index (χ1n) is 3.50. The summed E-state index contributed by atoms with van der Waals surface area (Å²) >= 11 is 0. The zero-order chi connectivity index (χ0) is 9.14. The molecule has 0 spiro atoms. The van der Waals surface area contributed by atoms with Gasteiger partial charge in [0.05, 0.1) is 0 Å². The molecule has 12 heavy (non-hydrogen) atoms. The Kier molecular flexibility index (Phi) is 2.67. The first-order chi connectivity index (χ1) is 5.65. The first-order valence-corrected chi connectivity index (χ1v) is 3.50. The molecule has 5 nitrogen and oxygen atoms in total. The summed E-state index contributed by atoms with van der Waals surface area (Å²) in [5.41, 5.74) is 0. The highest BCUT2D eigenvalue weighted by Gasteiger charge is 2.29. The molecule has 0 bridgehead atoms. The van der Waals surface area contributed by atoms with E-state index in [2.05, 4.69) is 4.74 Å². The lowest BCUT2D eigenvalue weighted by atomic mass is 10.1. The standard InChI is InChI=1S/C7H10O5/c1-4-7(10)5(9)2-6(12-4)11-3-8/h2-5,7,9-10H,1H3/t4-,5+,7?/m0/s1. The fraction of sp³-hybridized carbons (Fsp3) is 0.571. The van der Waals surface area contributed by atoms with Gasteiger partial charge in [-0.2, -0.15) is 0 Å². The zero-order valence-electron chi connectivity index (χ0n) is 6.51. The molecular weight excluding hydrogens is 164 g/mol. The van der Waals surface area contributed by atoms with Crippen molar-refractivity contribution >= 4 is 6.47 Å². The molecule has 3 atom stereocenters. The van der Waals surface area contributed by atoms with E-state index < -0.39 is 18.3 Å². The molecule has 2 N–H and O–H groups in total. The van der Waals surface area contributed by atoms with Gasteiger partial charge < -0.3 is 19.7 Å². The molecule has 5 heteroatoms. The lowest BCUT2D eigenvalue weighted by Gasteiger charge is -2.27. The van der Waals surface area contributed by atoms with Crippen LogP contribution in [0.5, 0.6) is 0 Å². The van der Waals surface area contributed by atoms with Gasteiger partial charge >= 0.3 is 6.47 Å². The number of aliphatic hydroxyl groups excluding tert-OH is 2. The molecule has 0 radical (unpaired) electrons. The Morgan fingerprint density at radius 1 is 1.67 bits per heavy atom. The summed E-state index contributed by atoms with van der Waals surface area (Å²) in [6, 6.07) is 0. The lowest BCUT2D eigenvalue weighted by Crippen LogP contribution is -2.40. The van der Waals surface area contributed by atoms with Crippen molar-refractivity contribution in [2.24, 2.45) is 0 Å². The fourth-order valence-electron chi connectivity index (χ4n) is 0.922. The molecule has 0 aromatic heterocycles. The van der Waals surface area contributed by atoms with Crippen LogP contribution in [0.25, 0.3) is 0 Å². The van der Waals surface area contributed by atoms with Crippen molar-refractivity contribution in [3.8, 4) is 0 Å². The van der Waals surface area contributed by atoms with Crippen molar-refractivity contribution < 1.29 is 24.5 Å². The number of ether oxygens (including phenoxy) is 2. The molecular formula is C7H10O5. The molecule has 1 aliphatic rings. The highest BCUT2D eigenvalue weighted by molar-refractivity contribution is 5.39. The van der Waals surface area contributed by atoms with Crippen LogP contribution in [0, 0.1) is 0 Å². The summed E-state index contributed by atoms with van der Waals surface area (Å²) in [5, 5.41) is 18.3. The predicted octanol–water partition coefficient (Wildman–Crippen LogP) is -0.859. The van der Waals surface area contributed by atoms with E-state index in [-0.39, 0.29) is 12.4 Å². The van der Waals surface area contributed by atoms with E-state index in [1.165, 1.54) is 0 Å². The molecule has 1 heterocycles. The molecule has 0 fully saturated rings. The highest BCUT2D eigenvalue weighted by Crippen LogP contribution is 2.17. The average molecular weight is 174 g/mol. The minimum absolute atomic E-state index is 0.0738. The smallest absolute Gasteiger partial charge is 0.300 e. The van der Waals surface area contributed by atoms with Gasteiger partial charge in [-0.25, -0.2) is 0 Å². The topological polar surface area (TPSA) is 76.0 Å². The molecule has 0 saturated carbocycles. The van der Waals surface area contributed by atoms with Crippen LogP contribution in [0.3, 0.4) is 0 Å². The third-order valence-electron chi connectivity index (χ3n) is 1.60. The first kappa shape index (κ1) is 9.02. The van der Waals surface area contributed by atoms with Crippen molar-refractivity contribution in [3.05, 3.63) is 12.0 Å². The van der Waals surface area contributed by atoms with E-state index in [9.17, 15) is 4.79 Å². The summed E-state index contributed by atoms with van der Waals surface area (Å²) in [6.07, 6.45) is -1.48. The monoisotopic (exact) mass is 174 g/mol. The summed E-state index contributed by atoms with van der Waals surface area (Å²) in [6.45, 7) is 1.76. The van der Waals surface area contributed by atoms with Crippen LogP contribution in [0.1, 0.15) is 6.92 Å². The lowest BCUT2D eigenvalue weighted by molar-refractivity contribution is -0.140. The molecule has 1 rings (SSSR count). The van der Waals surface area contributed by atoms with E-state index in [1.54, 1.807) is 6.92 Å². The van der Waals surface area contributed by atoms with E-state index >= 15 is 0 Å². The second-order valence-electron chi connectivity index (χ2n) is 2.50. The number of aliphatic hydroxyl groups is 2. The van der Waals surface area contributed by atoms with Gasteiger partial charge in [-0.05, 0) is 6.92 Å². The third-order valence-corrected chi connectivity index (χ3v) is 1.60. The molecule has 0 saturated heterocycles. The Hall–Kier alpha value is -1.07. The van der Waals surface area contributed by atoms with Gasteiger partial charge in [0.2, 0.25) is 0 Å². The number of hydrogen-bond acceptors (Lipinski definition) is 5. The largest absolute Gasteiger partial charge is 0.459 e. The third kappa shape index (κ3) is 1.75. The van der Waals surface area contributed by atoms with Gasteiger partial charge in [-0.15, -0.1) is 0 Å². The zero-order valence-corrected chi connectivity index (χ0v) is 6.51. The normalized spacial score (nSPS) is 34.9. The number of hydrogen-bond donors (Lipinski definition) is 2. The van der Waals surface area contributed by atoms with Crippen LogP contribution in [0.2, 0.25) is 0 Å². The number of carbonyl (C=O) groups is 1. The Morgan fingerprint density at radius 2 is 2.33 bits per heavy atom. The van der Waals surface area contributed by atoms with E-state index in [0.29, 0.717) is 0 Å². The van der Waals surface area contributed by atoms with Crippen LogP contribution in [-0.4, -0.2) is 35.0 Å². The Labute approximate surface area is 69.2 Å². The van der Waals surface area contributed by atoms with Crippen molar-refractivity contribution in [1.29, 1.82) is 0 Å². The molecule has 68 valence electrons. The maximum Gasteiger partial charge on any atom is 0.300 e. The quantitative estimate of drug-likeness (QED) is 0.533. The highest BCUT2D eigenvalue weighted by atomic mass is 16.7. The van der Waals surface area contributed by atoms with Crippen LogP contribution < -0.4 is 0 Å². The van der Waals surface area contributed by atoms with Crippen LogP contribution >= 0.6 is 0 Å². The molecule has 0 aromatic rings. The summed E-state index contributed by atoms with van der Waals surface area (Å²) in [5.74, 6) is -0.0738. The van der Waals surface area contributed by atoms with Gasteiger partial charge in [-0.1, -0.05) is 0 Å². The Morgan fingerprint density at radius 3 is 2.83 bits per heavy atom. The molecule has 0 aliphatic carbocycles. The van der Waals surface area contributed by atoms with Crippen LogP contribution in [-0.2, 0) is 14.3 Å². The van der Waals surface area contributed by atoms with Crippen molar-refractivity contribution in [3.63, 3.8) is 0 Å². The van der Waals surface area contributed by atoms with E-state index in [0.717, 1.165) is 6.08 Å². The molecule has 1 unspecified atom stereocenters. The van der Waals surface area contributed by atoms with Crippen molar-refractivity contribution in [2.45, 2.75) is 25.2 Å². The summed E-state index contributed by atoms with van der Waals surface area (Å²) in [7, 11) is 0. The summed E-state index contributed by atoms with van der Waals surface area (Å²) in [4.78, 5) is 9.88. The fourth-order valence-corrected chi connectivity index (χ4v) is 0.922. The molecule has 0 amide bonds. The van der Waals surface area contributed by atoms with Crippen LogP contribution in [0.4, 0.5) is 0 Å². The average Bonchev–Trinajstić information content (AvgIpc) is 2.01. The second-order valence-corrected chi connectivity index (χ2v) is 2.50. The predicted molar refractivity (Wildman–Crippen MR) is 37.8 cm³/mol. The van der Waals surface area contributed by atoms with Gasteiger partial charge in [0.25, 0.3) is 5.95 Å². The van der Waals surface area contributed by atoms with Gasteiger partial charge in [0.15, 0.2) is 0 Å². The number of rotatable bonds is 2. The van der Waals surface area contributed by atoms with E-state index in [4.69, 9.17) is 14.9 Å². The Balaban J connectivity index is 2.67. The van der Waals surface area contributed by atoms with Crippen molar-refractivity contribution in [1.82, 2.24) is 0 Å². The minimum atomic E-state index is -1.05. The van der Waals surface area contributed by atoms with Crippen molar-refractivity contribution in [2.75, 3.05) is 0 Å². The van der Waals surface area contributed by atoms with Crippen LogP contribution in [0.15, 0.2) is 12.0 Å². The minimum Gasteiger partial charge on any atom is -0.459 e. The molecule has 0 aromatic carbocycles. The SMILES string of the molecule is C[C@@H]1OC(OC=O)=C[C@@H](O)C1O. The van der Waals surface area contributed by atoms with Gasteiger partial charge in [-0.3, -0.25) is 4.79 Å². The van der Waals surface area contributed by atoms with E-state index in [1.807, 2.05) is 0 Å². The number of carbonyl (C=O) groups excluding carboxylic acids is 1. The maximum absolute atomic E-state index is 9.88. The van der Waals surface area contributed by atoms with Gasteiger partial charge in [0.1, 0.15) is 18.3 Å².